The minimum absolute atomic E-state index is 0.105. The van der Waals surface area contributed by atoms with Gasteiger partial charge in [-0.25, -0.2) is 0 Å². The predicted octanol–water partition coefficient (Wildman–Crippen LogP) is 2.60. The van der Waals surface area contributed by atoms with Gasteiger partial charge in [0.05, 0.1) is 7.05 Å². The van der Waals surface area contributed by atoms with Crippen LogP contribution in [0, 0.1) is 6.92 Å². The lowest BCUT2D eigenvalue weighted by molar-refractivity contribution is -0.862. The second-order valence-electron chi connectivity index (χ2n) is 7.20. The van der Waals surface area contributed by atoms with Gasteiger partial charge in [0.25, 0.3) is 11.8 Å². The van der Waals surface area contributed by atoms with Crippen molar-refractivity contribution >= 4 is 23.2 Å². The number of carbonyl (C=O) groups excluding carboxylic acids is 2. The van der Waals surface area contributed by atoms with Crippen molar-refractivity contribution in [3.63, 3.8) is 0 Å². The van der Waals surface area contributed by atoms with Crippen LogP contribution in [0.25, 0.3) is 0 Å². The first-order valence-corrected chi connectivity index (χ1v) is 9.45. The lowest BCUT2D eigenvalue weighted by atomic mass is 9.99. The number of hydrogen-bond acceptors (Lipinski definition) is 2. The Balaban J connectivity index is 1.79. The highest BCUT2D eigenvalue weighted by Crippen LogP contribution is 2.20. The normalized spacial score (nSPS) is 12.9. The molecule has 0 aliphatic rings. The summed E-state index contributed by atoms with van der Waals surface area (Å²) in [5.74, 6) is 0.298. The first kappa shape index (κ1) is 20.6. The van der Waals surface area contributed by atoms with Crippen molar-refractivity contribution in [3.05, 3.63) is 59.7 Å². The first-order valence-electron chi connectivity index (χ1n) is 9.45. The van der Waals surface area contributed by atoms with Crippen LogP contribution in [0.4, 0.5) is 11.4 Å². The van der Waals surface area contributed by atoms with Gasteiger partial charge in [-0.05, 0) is 49.1 Å². The van der Waals surface area contributed by atoms with Gasteiger partial charge in [0, 0.05) is 11.4 Å². The number of anilines is 2. The van der Waals surface area contributed by atoms with E-state index in [0.717, 1.165) is 28.3 Å². The number of quaternary nitrogens is 1. The van der Waals surface area contributed by atoms with Gasteiger partial charge in [-0.3, -0.25) is 9.59 Å². The van der Waals surface area contributed by atoms with E-state index in [2.05, 4.69) is 36.6 Å². The summed E-state index contributed by atoms with van der Waals surface area (Å²) >= 11 is 0. The summed E-state index contributed by atoms with van der Waals surface area (Å²) in [5.41, 5.74) is 3.96. The summed E-state index contributed by atoms with van der Waals surface area (Å²) in [6.45, 7) is 6.81. The van der Waals surface area contributed by atoms with E-state index in [-0.39, 0.29) is 24.9 Å². The topological polar surface area (TPSA) is 62.6 Å². The maximum atomic E-state index is 12.2. The molecule has 2 aromatic carbocycles. The Morgan fingerprint density at radius 3 is 1.78 bits per heavy atom. The molecule has 3 N–H and O–H groups in total. The molecule has 144 valence electrons. The van der Waals surface area contributed by atoms with Crippen LogP contribution in [0.15, 0.2) is 48.5 Å². The van der Waals surface area contributed by atoms with Crippen molar-refractivity contribution in [2.75, 3.05) is 30.8 Å². The van der Waals surface area contributed by atoms with E-state index in [4.69, 9.17) is 0 Å². The summed E-state index contributed by atoms with van der Waals surface area (Å²) in [7, 11) is 1.83. The number of aryl methyl sites for hydroxylation is 1. The van der Waals surface area contributed by atoms with Crippen LogP contribution in [0.2, 0.25) is 0 Å². The molecule has 5 nitrogen and oxygen atoms in total. The zero-order chi connectivity index (χ0) is 19.8. The second-order valence-corrected chi connectivity index (χ2v) is 7.20. The van der Waals surface area contributed by atoms with Crippen molar-refractivity contribution in [1.82, 2.24) is 0 Å². The monoisotopic (exact) mass is 368 g/mol. The Morgan fingerprint density at radius 1 is 0.889 bits per heavy atom. The summed E-state index contributed by atoms with van der Waals surface area (Å²) in [6, 6.07) is 15.6. The van der Waals surface area contributed by atoms with Gasteiger partial charge < -0.3 is 15.5 Å². The van der Waals surface area contributed by atoms with E-state index in [1.54, 1.807) is 0 Å². The number of rotatable bonds is 8. The van der Waals surface area contributed by atoms with Crippen LogP contribution in [-0.4, -0.2) is 32.0 Å². The fraction of sp³-hybridized carbons (Fsp3) is 0.364. The van der Waals surface area contributed by atoms with E-state index < -0.39 is 0 Å². The van der Waals surface area contributed by atoms with Crippen LogP contribution in [0.5, 0.6) is 0 Å². The second kappa shape index (κ2) is 9.88. The Morgan fingerprint density at radius 2 is 1.33 bits per heavy atom. The molecule has 0 radical (unpaired) electrons. The SMILES string of the molecule is CC[C@H](C)c1ccc(NC(=O)C[NH+](C)CC(=O)Nc2ccc(C)cc2)cc1. The van der Waals surface area contributed by atoms with Gasteiger partial charge in [0.15, 0.2) is 13.1 Å². The molecule has 0 aliphatic heterocycles. The molecule has 2 aromatic rings. The molecular formula is C22H30N3O2+. The average molecular weight is 369 g/mol. The minimum atomic E-state index is -0.109. The number of likely N-dealkylation sites (N-methyl/N-ethyl adjacent to an activating group) is 1. The molecule has 0 saturated carbocycles. The van der Waals surface area contributed by atoms with Gasteiger partial charge in [0.1, 0.15) is 0 Å². The lowest BCUT2D eigenvalue weighted by Gasteiger charge is -2.14. The van der Waals surface area contributed by atoms with Crippen molar-refractivity contribution in [2.45, 2.75) is 33.1 Å². The molecule has 0 spiro atoms. The van der Waals surface area contributed by atoms with E-state index in [1.807, 2.05) is 50.4 Å². The van der Waals surface area contributed by atoms with E-state index in [9.17, 15) is 9.59 Å². The number of nitrogens with one attached hydrogen (secondary N) is 3. The fourth-order valence-electron chi connectivity index (χ4n) is 2.79. The molecule has 2 atom stereocenters. The number of amides is 2. The maximum absolute atomic E-state index is 12.2. The van der Waals surface area contributed by atoms with E-state index in [1.165, 1.54) is 5.56 Å². The molecule has 27 heavy (non-hydrogen) atoms. The van der Waals surface area contributed by atoms with Crippen molar-refractivity contribution in [1.29, 1.82) is 0 Å². The van der Waals surface area contributed by atoms with Gasteiger partial charge in [-0.15, -0.1) is 0 Å². The summed E-state index contributed by atoms with van der Waals surface area (Å²) < 4.78 is 0. The number of hydrogen-bond donors (Lipinski definition) is 3. The summed E-state index contributed by atoms with van der Waals surface area (Å²) in [6.07, 6.45) is 1.09. The highest BCUT2D eigenvalue weighted by atomic mass is 16.2. The molecule has 0 heterocycles. The molecule has 0 fully saturated rings. The molecule has 1 unspecified atom stereocenters. The smallest absolute Gasteiger partial charge is 0.279 e. The summed E-state index contributed by atoms with van der Waals surface area (Å²) in [4.78, 5) is 25.2. The molecule has 0 aromatic heterocycles. The zero-order valence-electron chi connectivity index (χ0n) is 16.6. The van der Waals surface area contributed by atoms with E-state index in [0.29, 0.717) is 5.92 Å². The largest absolute Gasteiger partial charge is 0.322 e. The average Bonchev–Trinajstić information content (AvgIpc) is 2.63. The third-order valence-electron chi connectivity index (χ3n) is 4.64. The Hall–Kier alpha value is -2.66. The third-order valence-corrected chi connectivity index (χ3v) is 4.64. The predicted molar refractivity (Wildman–Crippen MR) is 110 cm³/mol. The van der Waals surface area contributed by atoms with Gasteiger partial charge in [0.2, 0.25) is 0 Å². The Kier molecular flexibility index (Phi) is 7.55. The third kappa shape index (κ3) is 6.87. The summed E-state index contributed by atoms with van der Waals surface area (Å²) in [5, 5.41) is 5.75. The standard InChI is InChI=1S/C22H29N3O2/c1-5-17(3)18-8-12-20(13-9-18)24-22(27)15-25(4)14-21(26)23-19-10-6-16(2)7-11-19/h6-13,17H,5,14-15H2,1-4H3,(H,23,26)(H,24,27)/p+1/t17-/m0/s1. The van der Waals surface area contributed by atoms with E-state index >= 15 is 0 Å². The van der Waals surface area contributed by atoms with Crippen LogP contribution >= 0.6 is 0 Å². The van der Waals surface area contributed by atoms with Crippen molar-refractivity contribution in [2.24, 2.45) is 0 Å². The quantitative estimate of drug-likeness (QED) is 0.671. The van der Waals surface area contributed by atoms with Crippen molar-refractivity contribution in [3.8, 4) is 0 Å². The van der Waals surface area contributed by atoms with Gasteiger partial charge in [-0.1, -0.05) is 43.7 Å². The van der Waals surface area contributed by atoms with Crippen LogP contribution in [0.1, 0.15) is 37.3 Å². The number of carbonyl (C=O) groups is 2. The van der Waals surface area contributed by atoms with Crippen LogP contribution in [0.3, 0.4) is 0 Å². The Labute approximate surface area is 161 Å². The van der Waals surface area contributed by atoms with Crippen molar-refractivity contribution < 1.29 is 14.5 Å². The number of benzene rings is 2. The molecule has 0 saturated heterocycles. The minimum Gasteiger partial charge on any atom is -0.322 e. The maximum Gasteiger partial charge on any atom is 0.279 e. The molecule has 2 rings (SSSR count). The molecule has 0 aliphatic carbocycles. The lowest BCUT2D eigenvalue weighted by Crippen LogP contribution is -3.11. The molecule has 5 heteroatoms. The van der Waals surface area contributed by atoms with Crippen LogP contribution in [-0.2, 0) is 9.59 Å². The highest BCUT2D eigenvalue weighted by Gasteiger charge is 2.14. The fourth-order valence-corrected chi connectivity index (χ4v) is 2.79. The molecule has 0 bridgehead atoms. The molecular weight excluding hydrogens is 338 g/mol. The molecule has 2 amide bonds. The highest BCUT2D eigenvalue weighted by molar-refractivity contribution is 5.93. The Bertz CT molecular complexity index is 754. The van der Waals surface area contributed by atoms with Gasteiger partial charge in [-0.2, -0.15) is 0 Å². The van der Waals surface area contributed by atoms with Crippen LogP contribution < -0.4 is 15.5 Å². The van der Waals surface area contributed by atoms with Gasteiger partial charge >= 0.3 is 0 Å². The first-order chi connectivity index (χ1) is 12.9. The zero-order valence-corrected chi connectivity index (χ0v) is 16.6.